The summed E-state index contributed by atoms with van der Waals surface area (Å²) < 4.78 is 0. The highest BCUT2D eigenvalue weighted by molar-refractivity contribution is 7.80. The fourth-order valence-corrected chi connectivity index (χ4v) is 2.74. The fourth-order valence-electron chi connectivity index (χ4n) is 2.59. The molecule has 1 heterocycles. The van der Waals surface area contributed by atoms with Gasteiger partial charge >= 0.3 is 0 Å². The van der Waals surface area contributed by atoms with E-state index in [0.29, 0.717) is 17.5 Å². The third kappa shape index (κ3) is 4.27. The Morgan fingerprint density at radius 1 is 0.885 bits per heavy atom. The number of hydrogen-bond donors (Lipinski definition) is 1. The Balaban J connectivity index is 2.19. The Labute approximate surface area is 160 Å². The van der Waals surface area contributed by atoms with E-state index in [4.69, 9.17) is 15.0 Å². The van der Waals surface area contributed by atoms with Crippen LogP contribution in [0.3, 0.4) is 0 Å². The van der Waals surface area contributed by atoms with Gasteiger partial charge in [0.25, 0.3) is 0 Å². The normalized spacial score (nSPS) is 11.9. The van der Waals surface area contributed by atoms with Crippen molar-refractivity contribution in [2.24, 2.45) is 0 Å². The summed E-state index contributed by atoms with van der Waals surface area (Å²) in [7, 11) is 0. The van der Waals surface area contributed by atoms with Crippen LogP contribution in [0.25, 0.3) is 28.3 Å². The number of rotatable bonds is 5. The van der Waals surface area contributed by atoms with E-state index in [9.17, 15) is 0 Å². The minimum Gasteiger partial charge on any atom is -0.208 e. The molecule has 3 rings (SSSR count). The first kappa shape index (κ1) is 18.1. The lowest BCUT2D eigenvalue weighted by Crippen LogP contribution is -2.02. The second kappa shape index (κ2) is 8.59. The van der Waals surface area contributed by atoms with Gasteiger partial charge in [-0.05, 0) is 25.5 Å². The second-order valence-corrected chi connectivity index (χ2v) is 6.30. The molecule has 3 aromatic rings. The number of nitrogens with zero attached hydrogens (tertiary/aromatic N) is 3. The zero-order chi connectivity index (χ0) is 18.4. The maximum absolute atomic E-state index is 4.73. The van der Waals surface area contributed by atoms with Gasteiger partial charge in [0, 0.05) is 21.6 Å². The van der Waals surface area contributed by atoms with Crippen LogP contribution in [-0.2, 0) is 0 Å². The van der Waals surface area contributed by atoms with E-state index in [0.717, 1.165) is 28.0 Å². The summed E-state index contributed by atoms with van der Waals surface area (Å²) in [5.74, 6) is 2.02. The Bertz CT molecular complexity index is 929. The summed E-state index contributed by atoms with van der Waals surface area (Å²) in [5, 5.41) is 0. The van der Waals surface area contributed by atoms with Gasteiger partial charge in [0.2, 0.25) is 0 Å². The molecule has 0 aliphatic rings. The van der Waals surface area contributed by atoms with Gasteiger partial charge in [-0.25, -0.2) is 15.0 Å². The van der Waals surface area contributed by atoms with Gasteiger partial charge < -0.3 is 0 Å². The summed E-state index contributed by atoms with van der Waals surface area (Å²) in [5.41, 5.74) is 2.92. The Kier molecular flexibility index (Phi) is 5.97. The van der Waals surface area contributed by atoms with Crippen LogP contribution in [0, 0.1) is 0 Å². The lowest BCUT2D eigenvalue weighted by molar-refractivity contribution is 1.03. The van der Waals surface area contributed by atoms with E-state index in [1.54, 1.807) is 0 Å². The van der Waals surface area contributed by atoms with E-state index in [1.807, 2.05) is 73.7 Å². The summed E-state index contributed by atoms with van der Waals surface area (Å²) in [6.45, 7) is 4.10. The number of aromatic nitrogens is 3. The first-order valence-corrected chi connectivity index (χ1v) is 9.10. The Morgan fingerprint density at radius 2 is 1.50 bits per heavy atom. The first-order valence-electron chi connectivity index (χ1n) is 8.65. The standard InChI is InChI=1S/C22H21N3S/c1-3-8-16(9-4-2)20-23-21(17-10-6-5-7-11-17)25-22(24-20)18-12-14-19(26)15-13-18/h3,5-15,26H,4H2,1-2H3/b8-3-,16-9+. The van der Waals surface area contributed by atoms with Gasteiger partial charge in [-0.15, -0.1) is 12.6 Å². The van der Waals surface area contributed by atoms with Crippen molar-refractivity contribution in [2.45, 2.75) is 25.2 Å². The monoisotopic (exact) mass is 359 g/mol. The molecule has 0 spiro atoms. The first-order chi connectivity index (χ1) is 12.7. The highest BCUT2D eigenvalue weighted by Gasteiger charge is 2.12. The summed E-state index contributed by atoms with van der Waals surface area (Å²) >= 11 is 4.36. The van der Waals surface area contributed by atoms with Crippen LogP contribution >= 0.6 is 12.6 Å². The van der Waals surface area contributed by atoms with Crippen molar-refractivity contribution in [1.29, 1.82) is 0 Å². The fraction of sp³-hybridized carbons (Fsp3) is 0.136. The van der Waals surface area contributed by atoms with Crippen LogP contribution in [0.2, 0.25) is 0 Å². The third-order valence-corrected chi connectivity index (χ3v) is 4.12. The molecule has 2 aromatic carbocycles. The lowest BCUT2D eigenvalue weighted by Gasteiger charge is -2.09. The molecule has 0 atom stereocenters. The van der Waals surface area contributed by atoms with E-state index in [1.165, 1.54) is 0 Å². The maximum atomic E-state index is 4.73. The molecule has 0 radical (unpaired) electrons. The molecule has 0 fully saturated rings. The van der Waals surface area contributed by atoms with Crippen molar-refractivity contribution >= 4 is 18.2 Å². The van der Waals surface area contributed by atoms with Gasteiger partial charge in [0.15, 0.2) is 17.5 Å². The largest absolute Gasteiger partial charge is 0.208 e. The van der Waals surface area contributed by atoms with Crippen LogP contribution in [0.4, 0.5) is 0 Å². The predicted octanol–water partition coefficient (Wildman–Crippen LogP) is 5.86. The molecule has 3 nitrogen and oxygen atoms in total. The minimum atomic E-state index is 0.661. The van der Waals surface area contributed by atoms with Gasteiger partial charge in [0.1, 0.15) is 0 Å². The summed E-state index contributed by atoms with van der Waals surface area (Å²) in [6.07, 6.45) is 7.08. The van der Waals surface area contributed by atoms with E-state index < -0.39 is 0 Å². The Morgan fingerprint density at radius 3 is 2.08 bits per heavy atom. The maximum Gasteiger partial charge on any atom is 0.164 e. The van der Waals surface area contributed by atoms with Crippen LogP contribution in [0.15, 0.2) is 77.7 Å². The minimum absolute atomic E-state index is 0.661. The molecule has 0 saturated heterocycles. The van der Waals surface area contributed by atoms with E-state index >= 15 is 0 Å². The SMILES string of the molecule is C/C=C\C(=C/CC)c1nc(-c2ccccc2)nc(-c2ccc(S)cc2)n1. The van der Waals surface area contributed by atoms with E-state index in [2.05, 4.69) is 25.6 Å². The number of allylic oxidation sites excluding steroid dienone is 4. The van der Waals surface area contributed by atoms with Crippen molar-refractivity contribution in [3.05, 3.63) is 78.6 Å². The highest BCUT2D eigenvalue weighted by Crippen LogP contribution is 2.24. The number of thiol groups is 1. The summed E-state index contributed by atoms with van der Waals surface area (Å²) in [4.78, 5) is 15.1. The van der Waals surface area contributed by atoms with Crippen LogP contribution in [0.1, 0.15) is 26.1 Å². The van der Waals surface area contributed by atoms with Crippen molar-refractivity contribution in [2.75, 3.05) is 0 Å². The van der Waals surface area contributed by atoms with E-state index in [-0.39, 0.29) is 0 Å². The van der Waals surface area contributed by atoms with Crippen molar-refractivity contribution in [1.82, 2.24) is 15.0 Å². The molecule has 130 valence electrons. The Hall–Kier alpha value is -2.72. The molecule has 4 heteroatoms. The highest BCUT2D eigenvalue weighted by atomic mass is 32.1. The van der Waals surface area contributed by atoms with Crippen molar-refractivity contribution < 1.29 is 0 Å². The second-order valence-electron chi connectivity index (χ2n) is 5.79. The van der Waals surface area contributed by atoms with Crippen LogP contribution < -0.4 is 0 Å². The number of hydrogen-bond acceptors (Lipinski definition) is 4. The van der Waals surface area contributed by atoms with Crippen molar-refractivity contribution in [3.8, 4) is 22.8 Å². The molecule has 0 unspecified atom stereocenters. The van der Waals surface area contributed by atoms with Gasteiger partial charge in [-0.1, -0.05) is 67.6 Å². The molecule has 0 saturated carbocycles. The molecule has 1 aromatic heterocycles. The van der Waals surface area contributed by atoms with Crippen LogP contribution in [0.5, 0.6) is 0 Å². The molecular formula is C22H21N3S. The molecule has 0 aliphatic heterocycles. The average molecular weight is 359 g/mol. The quantitative estimate of drug-likeness (QED) is 0.458. The third-order valence-electron chi connectivity index (χ3n) is 3.82. The molecule has 26 heavy (non-hydrogen) atoms. The molecule has 0 N–H and O–H groups in total. The zero-order valence-electron chi connectivity index (χ0n) is 14.9. The van der Waals surface area contributed by atoms with Gasteiger partial charge in [-0.2, -0.15) is 0 Å². The molecular weight excluding hydrogens is 338 g/mol. The smallest absolute Gasteiger partial charge is 0.164 e. The topological polar surface area (TPSA) is 38.7 Å². The zero-order valence-corrected chi connectivity index (χ0v) is 15.8. The van der Waals surface area contributed by atoms with Gasteiger partial charge in [-0.3, -0.25) is 0 Å². The average Bonchev–Trinajstić information content (AvgIpc) is 2.69. The summed E-state index contributed by atoms with van der Waals surface area (Å²) in [6, 6.07) is 17.8. The number of benzene rings is 2. The molecule has 0 amide bonds. The van der Waals surface area contributed by atoms with Crippen LogP contribution in [-0.4, -0.2) is 15.0 Å². The predicted molar refractivity (Wildman–Crippen MR) is 111 cm³/mol. The van der Waals surface area contributed by atoms with Gasteiger partial charge in [0.05, 0.1) is 0 Å². The molecule has 0 bridgehead atoms. The van der Waals surface area contributed by atoms with Crippen molar-refractivity contribution in [3.63, 3.8) is 0 Å². The molecule has 0 aliphatic carbocycles. The lowest BCUT2D eigenvalue weighted by atomic mass is 10.1.